The summed E-state index contributed by atoms with van der Waals surface area (Å²) in [5.41, 5.74) is 2.46. The Morgan fingerprint density at radius 2 is 1.38 bits per heavy atom. The van der Waals surface area contributed by atoms with Gasteiger partial charge in [0, 0.05) is 44.4 Å². The highest BCUT2D eigenvalue weighted by Gasteiger charge is 2.39. The number of carbonyl (C=O) groups is 2. The SMILES string of the molecule is CC(=O)Nc1ccc(C(=O)C(C(c2ccccc2)N2CCOCC2)N2CCOCC2)cc1. The van der Waals surface area contributed by atoms with Gasteiger partial charge >= 0.3 is 0 Å². The van der Waals surface area contributed by atoms with Gasteiger partial charge in [0.25, 0.3) is 0 Å². The second kappa shape index (κ2) is 10.8. The highest BCUT2D eigenvalue weighted by Crippen LogP contribution is 2.31. The number of hydrogen-bond acceptors (Lipinski definition) is 6. The summed E-state index contributed by atoms with van der Waals surface area (Å²) in [6.07, 6.45) is 0. The number of carbonyl (C=O) groups excluding carboxylic acids is 2. The van der Waals surface area contributed by atoms with Gasteiger partial charge in [0.05, 0.1) is 38.5 Å². The number of Topliss-reactive ketones (excluding diaryl/α,β-unsaturated/α-hetero) is 1. The van der Waals surface area contributed by atoms with Crippen molar-refractivity contribution in [1.82, 2.24) is 9.80 Å². The van der Waals surface area contributed by atoms with Crippen LogP contribution >= 0.6 is 0 Å². The molecule has 170 valence electrons. The number of ether oxygens (including phenoxy) is 2. The molecule has 0 saturated carbocycles. The lowest BCUT2D eigenvalue weighted by atomic mass is 9.89. The molecule has 32 heavy (non-hydrogen) atoms. The monoisotopic (exact) mass is 437 g/mol. The van der Waals surface area contributed by atoms with E-state index < -0.39 is 0 Å². The number of benzene rings is 2. The topological polar surface area (TPSA) is 71.1 Å². The molecule has 0 spiro atoms. The minimum atomic E-state index is -0.342. The molecule has 0 aliphatic carbocycles. The van der Waals surface area contributed by atoms with Gasteiger partial charge in [-0.3, -0.25) is 19.4 Å². The Kier molecular flexibility index (Phi) is 7.65. The third-order valence-corrected chi connectivity index (χ3v) is 6.08. The van der Waals surface area contributed by atoms with Crippen molar-refractivity contribution in [3.05, 3.63) is 65.7 Å². The van der Waals surface area contributed by atoms with Crippen molar-refractivity contribution in [2.45, 2.75) is 19.0 Å². The van der Waals surface area contributed by atoms with Crippen LogP contribution in [0.5, 0.6) is 0 Å². The maximum atomic E-state index is 14.0. The predicted molar refractivity (Wildman–Crippen MR) is 123 cm³/mol. The van der Waals surface area contributed by atoms with E-state index in [1.54, 1.807) is 12.1 Å². The van der Waals surface area contributed by atoms with Gasteiger partial charge in [-0.2, -0.15) is 0 Å². The second-order valence-corrected chi connectivity index (χ2v) is 8.22. The van der Waals surface area contributed by atoms with Crippen LogP contribution in [-0.2, 0) is 14.3 Å². The first-order valence-corrected chi connectivity index (χ1v) is 11.2. The first kappa shape index (κ1) is 22.6. The quantitative estimate of drug-likeness (QED) is 0.672. The Morgan fingerprint density at radius 3 is 1.94 bits per heavy atom. The van der Waals surface area contributed by atoms with Crippen LogP contribution in [0, 0.1) is 0 Å². The minimum Gasteiger partial charge on any atom is -0.379 e. The number of morpholine rings is 2. The van der Waals surface area contributed by atoms with Gasteiger partial charge < -0.3 is 14.8 Å². The lowest BCUT2D eigenvalue weighted by molar-refractivity contribution is -0.114. The summed E-state index contributed by atoms with van der Waals surface area (Å²) in [4.78, 5) is 30.0. The van der Waals surface area contributed by atoms with Crippen LogP contribution in [0.1, 0.15) is 28.9 Å². The zero-order valence-corrected chi connectivity index (χ0v) is 18.5. The van der Waals surface area contributed by atoms with Crippen LogP contribution in [0.15, 0.2) is 54.6 Å². The van der Waals surface area contributed by atoms with Crippen LogP contribution < -0.4 is 5.32 Å². The molecule has 7 heteroatoms. The molecule has 2 atom stereocenters. The van der Waals surface area contributed by atoms with Crippen molar-refractivity contribution >= 4 is 17.4 Å². The summed E-state index contributed by atoms with van der Waals surface area (Å²) in [5, 5.41) is 2.76. The van der Waals surface area contributed by atoms with Crippen LogP contribution in [-0.4, -0.2) is 80.1 Å². The molecule has 2 aliphatic rings. The lowest BCUT2D eigenvalue weighted by Crippen LogP contribution is -2.55. The van der Waals surface area contributed by atoms with Crippen molar-refractivity contribution in [2.75, 3.05) is 57.9 Å². The molecule has 0 radical (unpaired) electrons. The van der Waals surface area contributed by atoms with Gasteiger partial charge in [-0.15, -0.1) is 0 Å². The Balaban J connectivity index is 1.70. The highest BCUT2D eigenvalue weighted by atomic mass is 16.5. The predicted octanol–water partition coefficient (Wildman–Crippen LogP) is 2.60. The third kappa shape index (κ3) is 5.42. The number of nitrogens with one attached hydrogen (secondary N) is 1. The standard InChI is InChI=1S/C25H31N3O4/c1-19(29)26-22-9-7-21(8-10-22)25(30)24(28-13-17-32-18-14-28)23(20-5-3-2-4-6-20)27-11-15-31-16-12-27/h2-10,23-24H,11-18H2,1H3,(H,26,29). The van der Waals surface area contributed by atoms with E-state index >= 15 is 0 Å². The Labute approximate surface area is 189 Å². The molecule has 2 fully saturated rings. The largest absolute Gasteiger partial charge is 0.379 e. The van der Waals surface area contributed by atoms with E-state index in [1.807, 2.05) is 30.3 Å². The van der Waals surface area contributed by atoms with Gasteiger partial charge in [-0.1, -0.05) is 30.3 Å². The maximum absolute atomic E-state index is 14.0. The normalized spacial score (nSPS) is 19.8. The van der Waals surface area contributed by atoms with Crippen LogP contribution in [0.4, 0.5) is 5.69 Å². The summed E-state index contributed by atoms with van der Waals surface area (Å²) in [7, 11) is 0. The van der Waals surface area contributed by atoms with Crippen molar-refractivity contribution in [3.8, 4) is 0 Å². The molecule has 2 aromatic carbocycles. The number of amides is 1. The summed E-state index contributed by atoms with van der Waals surface area (Å²) in [5.74, 6) is -0.0478. The van der Waals surface area contributed by atoms with Gasteiger partial charge in [0.1, 0.15) is 0 Å². The van der Waals surface area contributed by atoms with E-state index in [2.05, 4.69) is 27.2 Å². The van der Waals surface area contributed by atoms with Gasteiger partial charge in [-0.05, 0) is 29.8 Å². The molecule has 2 aromatic rings. The zero-order chi connectivity index (χ0) is 22.3. The fourth-order valence-electron chi connectivity index (χ4n) is 4.56. The average Bonchev–Trinajstić information content (AvgIpc) is 2.84. The molecule has 1 N–H and O–H groups in total. The van der Waals surface area contributed by atoms with E-state index in [1.165, 1.54) is 6.92 Å². The molecule has 2 saturated heterocycles. The van der Waals surface area contributed by atoms with Crippen molar-refractivity contribution in [2.24, 2.45) is 0 Å². The molecule has 0 bridgehead atoms. The summed E-state index contributed by atoms with van der Waals surface area (Å²) in [6.45, 7) is 7.05. The number of hydrogen-bond donors (Lipinski definition) is 1. The Bertz CT molecular complexity index is 891. The smallest absolute Gasteiger partial charge is 0.221 e. The van der Waals surface area contributed by atoms with Crippen molar-refractivity contribution in [1.29, 1.82) is 0 Å². The fourth-order valence-corrected chi connectivity index (χ4v) is 4.56. The van der Waals surface area contributed by atoms with E-state index in [4.69, 9.17) is 9.47 Å². The van der Waals surface area contributed by atoms with Gasteiger partial charge in [-0.25, -0.2) is 0 Å². The Hall–Kier alpha value is -2.58. The van der Waals surface area contributed by atoms with Crippen molar-refractivity contribution < 1.29 is 19.1 Å². The molecule has 1 amide bonds. The number of rotatable bonds is 7. The first-order valence-electron chi connectivity index (χ1n) is 11.2. The highest BCUT2D eigenvalue weighted by molar-refractivity contribution is 6.01. The van der Waals surface area contributed by atoms with E-state index in [-0.39, 0.29) is 23.8 Å². The maximum Gasteiger partial charge on any atom is 0.221 e. The summed E-state index contributed by atoms with van der Waals surface area (Å²) < 4.78 is 11.2. The number of ketones is 1. The van der Waals surface area contributed by atoms with Gasteiger partial charge in [0.15, 0.2) is 5.78 Å². The minimum absolute atomic E-state index is 0.0827. The number of anilines is 1. The first-order chi connectivity index (χ1) is 15.6. The lowest BCUT2D eigenvalue weighted by Gasteiger charge is -2.44. The molecule has 7 nitrogen and oxygen atoms in total. The molecular weight excluding hydrogens is 406 g/mol. The summed E-state index contributed by atoms with van der Waals surface area (Å²) in [6, 6.07) is 17.1. The number of nitrogens with zero attached hydrogens (tertiary/aromatic N) is 2. The fraction of sp³-hybridized carbons (Fsp3) is 0.440. The summed E-state index contributed by atoms with van der Waals surface area (Å²) >= 11 is 0. The average molecular weight is 438 g/mol. The van der Waals surface area contributed by atoms with E-state index in [0.29, 0.717) is 50.8 Å². The van der Waals surface area contributed by atoms with Crippen LogP contribution in [0.25, 0.3) is 0 Å². The Morgan fingerprint density at radius 1 is 0.812 bits per heavy atom. The van der Waals surface area contributed by atoms with Crippen molar-refractivity contribution in [3.63, 3.8) is 0 Å². The molecule has 2 unspecified atom stereocenters. The molecule has 4 rings (SSSR count). The van der Waals surface area contributed by atoms with E-state index in [0.717, 1.165) is 18.7 Å². The molecule has 2 heterocycles. The molecule has 2 aliphatic heterocycles. The molecular formula is C25H31N3O4. The molecule has 0 aromatic heterocycles. The second-order valence-electron chi connectivity index (χ2n) is 8.22. The zero-order valence-electron chi connectivity index (χ0n) is 18.5. The van der Waals surface area contributed by atoms with E-state index in [9.17, 15) is 9.59 Å². The third-order valence-electron chi connectivity index (χ3n) is 6.08. The van der Waals surface area contributed by atoms with Crippen LogP contribution in [0.2, 0.25) is 0 Å². The van der Waals surface area contributed by atoms with Gasteiger partial charge in [0.2, 0.25) is 5.91 Å². The van der Waals surface area contributed by atoms with Crippen LogP contribution in [0.3, 0.4) is 0 Å².